The number of benzene rings is 1. The van der Waals surface area contributed by atoms with Gasteiger partial charge < -0.3 is 26.0 Å². The Morgan fingerprint density at radius 2 is 1.95 bits per heavy atom. The molecular weight excluding hydrogens is 252 g/mol. The van der Waals surface area contributed by atoms with E-state index < -0.39 is 17.7 Å². The predicted octanol–water partition coefficient (Wildman–Crippen LogP) is 0.0348. The number of hydrogen-bond acceptors (Lipinski definition) is 4. The molecule has 2 amide bonds. The van der Waals surface area contributed by atoms with Crippen molar-refractivity contribution in [3.05, 3.63) is 35.9 Å². The molecule has 1 unspecified atom stereocenters. The van der Waals surface area contributed by atoms with Crippen LogP contribution in [0.15, 0.2) is 30.3 Å². The van der Waals surface area contributed by atoms with Gasteiger partial charge in [0.25, 0.3) is 0 Å². The molecule has 0 aliphatic carbocycles. The van der Waals surface area contributed by atoms with E-state index in [1.807, 2.05) is 30.3 Å². The number of nitrogens with two attached hydrogens (primary N) is 1. The topological polar surface area (TPSA) is 122 Å². The summed E-state index contributed by atoms with van der Waals surface area (Å²) in [5.74, 6) is -1.59. The number of carboxylic acids is 1. The fraction of sp³-hybridized carbons (Fsp3) is 0.333. The van der Waals surface area contributed by atoms with Gasteiger partial charge in [-0.15, -0.1) is 0 Å². The van der Waals surface area contributed by atoms with E-state index in [4.69, 9.17) is 15.6 Å². The van der Waals surface area contributed by atoms with Crippen molar-refractivity contribution in [2.45, 2.75) is 18.8 Å². The third-order valence-corrected chi connectivity index (χ3v) is 2.40. The molecule has 1 rings (SSSR count). The molecule has 0 aliphatic rings. The first kappa shape index (κ1) is 14.9. The van der Waals surface area contributed by atoms with E-state index in [2.05, 4.69) is 0 Å². The number of hydrogen-bond donors (Lipinski definition) is 4. The second-order valence-corrected chi connectivity index (χ2v) is 3.94. The average molecular weight is 268 g/mol. The second-order valence-electron chi connectivity index (χ2n) is 3.94. The Hall–Kier alpha value is -2.12. The lowest BCUT2D eigenvalue weighted by molar-refractivity contribution is -0.163. The summed E-state index contributed by atoms with van der Waals surface area (Å²) < 4.78 is 5.23. The summed E-state index contributed by atoms with van der Waals surface area (Å²) in [6.07, 6.45) is -0.307. The number of rotatable bonds is 7. The van der Waals surface area contributed by atoms with Crippen molar-refractivity contribution in [1.29, 1.82) is 0 Å². The highest BCUT2D eigenvalue weighted by atomic mass is 16.5. The smallest absolute Gasteiger partial charge is 0.357 e. The zero-order chi connectivity index (χ0) is 14.3. The van der Waals surface area contributed by atoms with Crippen LogP contribution in [0.25, 0.3) is 0 Å². The van der Waals surface area contributed by atoms with E-state index in [9.17, 15) is 14.7 Å². The zero-order valence-electron chi connectivity index (χ0n) is 10.2. The summed E-state index contributed by atoms with van der Waals surface area (Å²) >= 11 is 0. The Labute approximate surface area is 110 Å². The van der Waals surface area contributed by atoms with Gasteiger partial charge in [-0.25, -0.2) is 9.59 Å². The third kappa shape index (κ3) is 4.94. The molecule has 5 N–H and O–H groups in total. The van der Waals surface area contributed by atoms with Crippen molar-refractivity contribution in [2.75, 3.05) is 6.61 Å². The van der Waals surface area contributed by atoms with Crippen LogP contribution in [0, 0.1) is 0 Å². The lowest BCUT2D eigenvalue weighted by Gasteiger charge is -2.23. The standard InChI is InChI=1S/C12H16N2O5/c13-11(17)14-12(18,10(15)16)6-7-19-8-9-4-2-1-3-5-9/h1-5,18H,6-8H2,(H,15,16)(H3,13,14,17). The SMILES string of the molecule is NC(=O)NC(O)(CCOCc1ccccc1)C(=O)O. The molecule has 0 spiro atoms. The molecule has 0 heterocycles. The number of carboxylic acid groups (broad SMARTS) is 1. The Morgan fingerprint density at radius 3 is 2.47 bits per heavy atom. The highest BCUT2D eigenvalue weighted by Crippen LogP contribution is 2.08. The number of aliphatic hydroxyl groups is 1. The summed E-state index contributed by atoms with van der Waals surface area (Å²) in [5, 5.41) is 20.3. The van der Waals surface area contributed by atoms with Crippen LogP contribution in [0.2, 0.25) is 0 Å². The Bertz CT molecular complexity index is 437. The van der Waals surface area contributed by atoms with E-state index >= 15 is 0 Å². The van der Waals surface area contributed by atoms with Crippen molar-refractivity contribution in [2.24, 2.45) is 5.73 Å². The number of carbonyl (C=O) groups excluding carboxylic acids is 1. The van der Waals surface area contributed by atoms with Gasteiger partial charge in [0.05, 0.1) is 13.2 Å². The second kappa shape index (κ2) is 6.72. The van der Waals surface area contributed by atoms with Crippen molar-refractivity contribution in [3.63, 3.8) is 0 Å². The molecule has 1 aromatic rings. The van der Waals surface area contributed by atoms with Crippen LogP contribution in [0.5, 0.6) is 0 Å². The van der Waals surface area contributed by atoms with E-state index in [0.29, 0.717) is 0 Å². The molecule has 0 saturated heterocycles. The molecule has 1 aromatic carbocycles. The maximum absolute atomic E-state index is 10.8. The van der Waals surface area contributed by atoms with Crippen LogP contribution >= 0.6 is 0 Å². The molecule has 1 atom stereocenters. The molecule has 0 bridgehead atoms. The summed E-state index contributed by atoms with van der Waals surface area (Å²) in [5.41, 5.74) is 3.30. The molecule has 0 saturated carbocycles. The summed E-state index contributed by atoms with van der Waals surface area (Å²) in [6.45, 7) is 0.241. The molecule has 0 aliphatic heterocycles. The van der Waals surface area contributed by atoms with Gasteiger partial charge in [-0.1, -0.05) is 30.3 Å². The van der Waals surface area contributed by atoms with Crippen molar-refractivity contribution in [3.8, 4) is 0 Å². The lowest BCUT2D eigenvalue weighted by Crippen LogP contribution is -2.56. The molecule has 0 radical (unpaired) electrons. The minimum absolute atomic E-state index is 0.0437. The highest BCUT2D eigenvalue weighted by molar-refractivity contribution is 5.83. The van der Waals surface area contributed by atoms with Gasteiger partial charge in [-0.05, 0) is 5.56 Å². The van der Waals surface area contributed by atoms with Gasteiger partial charge in [0.15, 0.2) is 0 Å². The first-order valence-electron chi connectivity index (χ1n) is 5.59. The minimum atomic E-state index is -2.41. The van der Waals surface area contributed by atoms with Crippen LogP contribution in [0.3, 0.4) is 0 Å². The fourth-order valence-corrected chi connectivity index (χ4v) is 1.41. The van der Waals surface area contributed by atoms with Gasteiger partial charge in [-0.2, -0.15) is 0 Å². The summed E-state index contributed by atoms with van der Waals surface area (Å²) in [6, 6.07) is 8.15. The van der Waals surface area contributed by atoms with E-state index in [1.165, 1.54) is 0 Å². The van der Waals surface area contributed by atoms with Gasteiger partial charge in [0, 0.05) is 6.42 Å². The van der Waals surface area contributed by atoms with Crippen LogP contribution < -0.4 is 11.1 Å². The summed E-state index contributed by atoms with van der Waals surface area (Å²) in [7, 11) is 0. The van der Waals surface area contributed by atoms with E-state index in [0.717, 1.165) is 5.56 Å². The van der Waals surface area contributed by atoms with Crippen molar-refractivity contribution < 1.29 is 24.5 Å². The predicted molar refractivity (Wildman–Crippen MR) is 66.0 cm³/mol. The largest absolute Gasteiger partial charge is 0.478 e. The number of aliphatic carboxylic acids is 1. The quantitative estimate of drug-likeness (QED) is 0.410. The van der Waals surface area contributed by atoms with Gasteiger partial charge in [0.1, 0.15) is 0 Å². The monoisotopic (exact) mass is 268 g/mol. The van der Waals surface area contributed by atoms with Gasteiger partial charge in [0.2, 0.25) is 5.72 Å². The fourth-order valence-electron chi connectivity index (χ4n) is 1.41. The van der Waals surface area contributed by atoms with Crippen LogP contribution in [0.4, 0.5) is 4.79 Å². The number of primary amides is 1. The van der Waals surface area contributed by atoms with Crippen LogP contribution in [0.1, 0.15) is 12.0 Å². The molecule has 0 aromatic heterocycles. The molecule has 19 heavy (non-hydrogen) atoms. The number of urea groups is 1. The molecule has 0 fully saturated rings. The van der Waals surface area contributed by atoms with Crippen molar-refractivity contribution >= 4 is 12.0 Å². The maximum Gasteiger partial charge on any atom is 0.357 e. The van der Waals surface area contributed by atoms with E-state index in [-0.39, 0.29) is 19.6 Å². The summed E-state index contributed by atoms with van der Waals surface area (Å²) in [4.78, 5) is 21.5. The van der Waals surface area contributed by atoms with Gasteiger partial charge >= 0.3 is 12.0 Å². The number of ether oxygens (including phenoxy) is 1. The van der Waals surface area contributed by atoms with Crippen LogP contribution in [-0.4, -0.2) is 34.5 Å². The average Bonchev–Trinajstić information content (AvgIpc) is 2.35. The molecule has 104 valence electrons. The van der Waals surface area contributed by atoms with Crippen molar-refractivity contribution in [1.82, 2.24) is 5.32 Å². The number of amides is 2. The van der Waals surface area contributed by atoms with Crippen LogP contribution in [-0.2, 0) is 16.1 Å². The Balaban J connectivity index is 2.41. The third-order valence-electron chi connectivity index (χ3n) is 2.40. The minimum Gasteiger partial charge on any atom is -0.478 e. The Kier molecular flexibility index (Phi) is 5.28. The lowest BCUT2D eigenvalue weighted by atomic mass is 10.1. The molecular formula is C12H16N2O5. The first-order chi connectivity index (χ1) is 8.94. The zero-order valence-corrected chi connectivity index (χ0v) is 10.2. The number of nitrogens with one attached hydrogen (secondary N) is 1. The highest BCUT2D eigenvalue weighted by Gasteiger charge is 2.36. The van der Waals surface area contributed by atoms with Gasteiger partial charge in [-0.3, -0.25) is 0 Å². The Morgan fingerprint density at radius 1 is 1.32 bits per heavy atom. The normalized spacial score (nSPS) is 13.5. The molecule has 7 heteroatoms. The molecule has 7 nitrogen and oxygen atoms in total. The first-order valence-corrected chi connectivity index (χ1v) is 5.59. The maximum atomic E-state index is 10.8. The van der Waals surface area contributed by atoms with E-state index in [1.54, 1.807) is 5.32 Å². The number of carbonyl (C=O) groups is 2.